The van der Waals surface area contributed by atoms with Crippen LogP contribution in [0.1, 0.15) is 35.3 Å². The van der Waals surface area contributed by atoms with Crippen LogP contribution in [0.4, 0.5) is 0 Å². The van der Waals surface area contributed by atoms with Crippen LogP contribution in [-0.2, 0) is 6.54 Å². The van der Waals surface area contributed by atoms with Gasteiger partial charge in [-0.1, -0.05) is 42.5 Å². The van der Waals surface area contributed by atoms with Gasteiger partial charge in [0.25, 0.3) is 0 Å². The summed E-state index contributed by atoms with van der Waals surface area (Å²) in [7, 11) is 0. The van der Waals surface area contributed by atoms with E-state index in [1.54, 1.807) is 10.9 Å². The van der Waals surface area contributed by atoms with Crippen molar-refractivity contribution in [1.29, 1.82) is 0 Å². The molecule has 4 heteroatoms. The Morgan fingerprint density at radius 3 is 2.76 bits per heavy atom. The summed E-state index contributed by atoms with van der Waals surface area (Å²) in [5.74, 6) is 0.472. The quantitative estimate of drug-likeness (QED) is 0.739. The van der Waals surface area contributed by atoms with Gasteiger partial charge in [0.1, 0.15) is 5.69 Å². The van der Waals surface area contributed by atoms with Crippen LogP contribution in [0, 0.1) is 0 Å². The largest absolute Gasteiger partial charge is 0.296 e. The molecular formula is C13H15N3O. The Labute approximate surface area is 100 Å². The molecule has 0 saturated heterocycles. The Balaban J connectivity index is 1.92. The van der Waals surface area contributed by atoms with Gasteiger partial charge in [-0.15, -0.1) is 5.10 Å². The monoisotopic (exact) mass is 229 g/mol. The zero-order valence-electron chi connectivity index (χ0n) is 9.78. The summed E-state index contributed by atoms with van der Waals surface area (Å²) >= 11 is 0. The van der Waals surface area contributed by atoms with E-state index < -0.39 is 0 Å². The van der Waals surface area contributed by atoms with Crippen molar-refractivity contribution in [2.75, 3.05) is 0 Å². The first-order valence-corrected chi connectivity index (χ1v) is 5.70. The molecule has 4 nitrogen and oxygen atoms in total. The number of nitrogens with zero attached hydrogens (tertiary/aromatic N) is 3. The van der Waals surface area contributed by atoms with Gasteiger partial charge in [-0.2, -0.15) is 0 Å². The lowest BCUT2D eigenvalue weighted by molar-refractivity contribution is 0.111. The fourth-order valence-corrected chi connectivity index (χ4v) is 1.75. The number of aromatic nitrogens is 3. The second-order valence-corrected chi connectivity index (χ2v) is 4.12. The van der Waals surface area contributed by atoms with E-state index in [2.05, 4.69) is 29.4 Å². The lowest BCUT2D eigenvalue weighted by atomic mass is 9.98. The van der Waals surface area contributed by atoms with Gasteiger partial charge in [0, 0.05) is 6.54 Å². The van der Waals surface area contributed by atoms with Gasteiger partial charge in [-0.25, -0.2) is 0 Å². The number of benzene rings is 1. The first kappa shape index (κ1) is 11.5. The number of carbonyl (C=O) groups is 1. The van der Waals surface area contributed by atoms with Crippen LogP contribution in [0.15, 0.2) is 36.5 Å². The molecule has 0 unspecified atom stereocenters. The number of carbonyl (C=O) groups excluding carboxylic acids is 1. The maximum atomic E-state index is 10.5. The molecule has 0 N–H and O–H groups in total. The standard InChI is InChI=1S/C13H15N3O/c1-11(12-5-3-2-4-6-12)7-8-16-9-13(10-17)14-15-16/h2-6,9-11H,7-8H2,1H3/t11-/m0/s1. The van der Waals surface area contributed by atoms with E-state index in [4.69, 9.17) is 0 Å². The average molecular weight is 229 g/mol. The molecule has 0 aliphatic heterocycles. The molecule has 0 saturated carbocycles. The molecule has 17 heavy (non-hydrogen) atoms. The number of aryl methyl sites for hydroxylation is 1. The normalized spacial score (nSPS) is 12.3. The Kier molecular flexibility index (Phi) is 3.65. The van der Waals surface area contributed by atoms with Crippen molar-refractivity contribution in [2.24, 2.45) is 0 Å². The number of aldehydes is 1. The highest BCUT2D eigenvalue weighted by Crippen LogP contribution is 2.18. The summed E-state index contributed by atoms with van der Waals surface area (Å²) in [5, 5.41) is 7.62. The van der Waals surface area contributed by atoms with Crippen molar-refractivity contribution >= 4 is 6.29 Å². The minimum Gasteiger partial charge on any atom is -0.296 e. The lowest BCUT2D eigenvalue weighted by Gasteiger charge is -2.11. The molecule has 0 aliphatic carbocycles. The van der Waals surface area contributed by atoms with E-state index in [-0.39, 0.29) is 0 Å². The number of hydrogen-bond donors (Lipinski definition) is 0. The van der Waals surface area contributed by atoms with Crippen molar-refractivity contribution in [3.63, 3.8) is 0 Å². The Morgan fingerprint density at radius 1 is 1.35 bits per heavy atom. The fourth-order valence-electron chi connectivity index (χ4n) is 1.75. The summed E-state index contributed by atoms with van der Waals surface area (Å²) < 4.78 is 1.71. The minimum atomic E-state index is 0.386. The van der Waals surface area contributed by atoms with Gasteiger partial charge >= 0.3 is 0 Å². The van der Waals surface area contributed by atoms with Crippen LogP contribution < -0.4 is 0 Å². The van der Waals surface area contributed by atoms with E-state index >= 15 is 0 Å². The second kappa shape index (κ2) is 5.39. The van der Waals surface area contributed by atoms with Crippen molar-refractivity contribution < 1.29 is 4.79 Å². The molecule has 1 heterocycles. The van der Waals surface area contributed by atoms with Crippen LogP contribution in [-0.4, -0.2) is 21.3 Å². The van der Waals surface area contributed by atoms with E-state index in [9.17, 15) is 4.79 Å². The Morgan fingerprint density at radius 2 is 2.12 bits per heavy atom. The molecule has 1 atom stereocenters. The summed E-state index contributed by atoms with van der Waals surface area (Å²) in [6.45, 7) is 2.96. The first-order chi connectivity index (χ1) is 8.29. The Hall–Kier alpha value is -1.97. The van der Waals surface area contributed by atoms with Crippen molar-refractivity contribution in [2.45, 2.75) is 25.8 Å². The smallest absolute Gasteiger partial charge is 0.171 e. The molecular weight excluding hydrogens is 214 g/mol. The van der Waals surface area contributed by atoms with Crippen LogP contribution in [0.3, 0.4) is 0 Å². The Bertz CT molecular complexity index is 478. The molecule has 2 rings (SSSR count). The third-order valence-corrected chi connectivity index (χ3v) is 2.84. The second-order valence-electron chi connectivity index (χ2n) is 4.12. The van der Waals surface area contributed by atoms with Crippen LogP contribution in [0.25, 0.3) is 0 Å². The molecule has 2 aromatic rings. The molecule has 1 aromatic heterocycles. The van der Waals surface area contributed by atoms with Gasteiger partial charge in [0.15, 0.2) is 6.29 Å². The van der Waals surface area contributed by atoms with Crippen LogP contribution in [0.5, 0.6) is 0 Å². The minimum absolute atomic E-state index is 0.386. The molecule has 0 amide bonds. The highest BCUT2D eigenvalue weighted by atomic mass is 16.1. The summed E-state index contributed by atoms with van der Waals surface area (Å²) in [6, 6.07) is 10.4. The van der Waals surface area contributed by atoms with Crippen LogP contribution >= 0.6 is 0 Å². The highest BCUT2D eigenvalue weighted by molar-refractivity contribution is 5.70. The maximum absolute atomic E-state index is 10.5. The molecule has 0 bridgehead atoms. The topological polar surface area (TPSA) is 47.8 Å². The fraction of sp³-hybridized carbons (Fsp3) is 0.308. The van der Waals surface area contributed by atoms with E-state index in [0.717, 1.165) is 13.0 Å². The highest BCUT2D eigenvalue weighted by Gasteiger charge is 2.06. The van der Waals surface area contributed by atoms with E-state index in [0.29, 0.717) is 17.9 Å². The predicted octanol–water partition coefficient (Wildman–Crippen LogP) is 2.28. The lowest BCUT2D eigenvalue weighted by Crippen LogP contribution is -2.03. The van der Waals surface area contributed by atoms with Crippen molar-refractivity contribution in [1.82, 2.24) is 15.0 Å². The maximum Gasteiger partial charge on any atom is 0.171 e. The van der Waals surface area contributed by atoms with Gasteiger partial charge in [-0.3, -0.25) is 9.48 Å². The van der Waals surface area contributed by atoms with E-state index in [1.807, 2.05) is 18.2 Å². The number of hydrogen-bond acceptors (Lipinski definition) is 3. The molecule has 0 spiro atoms. The summed E-state index contributed by atoms with van der Waals surface area (Å²) in [4.78, 5) is 10.5. The van der Waals surface area contributed by atoms with Crippen molar-refractivity contribution in [3.05, 3.63) is 47.8 Å². The number of rotatable bonds is 5. The van der Waals surface area contributed by atoms with E-state index in [1.165, 1.54) is 5.56 Å². The molecule has 0 aliphatic rings. The molecule has 0 fully saturated rings. The van der Waals surface area contributed by atoms with Crippen molar-refractivity contribution in [3.8, 4) is 0 Å². The zero-order chi connectivity index (χ0) is 12.1. The SMILES string of the molecule is C[C@@H](CCn1cc(C=O)nn1)c1ccccc1. The summed E-state index contributed by atoms with van der Waals surface area (Å²) in [5.41, 5.74) is 1.71. The average Bonchev–Trinajstić information content (AvgIpc) is 2.85. The predicted molar refractivity (Wildman–Crippen MR) is 64.9 cm³/mol. The zero-order valence-corrected chi connectivity index (χ0v) is 9.78. The van der Waals surface area contributed by atoms with Crippen LogP contribution in [0.2, 0.25) is 0 Å². The molecule has 1 aromatic carbocycles. The molecule has 0 radical (unpaired) electrons. The summed E-state index contributed by atoms with van der Waals surface area (Å²) in [6.07, 6.45) is 3.36. The van der Waals surface area contributed by atoms with Gasteiger partial charge in [-0.05, 0) is 17.9 Å². The third kappa shape index (κ3) is 3.00. The molecule has 88 valence electrons. The van der Waals surface area contributed by atoms with Gasteiger partial charge in [0.2, 0.25) is 0 Å². The third-order valence-electron chi connectivity index (χ3n) is 2.84. The first-order valence-electron chi connectivity index (χ1n) is 5.70. The van der Waals surface area contributed by atoms with Gasteiger partial charge < -0.3 is 0 Å². The van der Waals surface area contributed by atoms with Gasteiger partial charge in [0.05, 0.1) is 6.20 Å².